The van der Waals surface area contributed by atoms with Crippen LogP contribution < -0.4 is 10.6 Å². The number of aliphatic hydroxyl groups is 1. The third-order valence-electron chi connectivity index (χ3n) is 16.9. The Hall–Kier alpha value is -2.38. The van der Waals surface area contributed by atoms with Gasteiger partial charge in [-0.15, -0.1) is 0 Å². The second-order valence-electron chi connectivity index (χ2n) is 25.9. The van der Waals surface area contributed by atoms with Crippen molar-refractivity contribution in [1.29, 1.82) is 0 Å². The summed E-state index contributed by atoms with van der Waals surface area (Å²) in [6, 6.07) is 0. The number of hydrogen-bond acceptors (Lipinski definition) is 9. The number of rotatable bonds is 58. The molecule has 1 atom stereocenters. The molecule has 0 saturated carbocycles. The van der Waals surface area contributed by atoms with Crippen LogP contribution in [-0.4, -0.2) is 116 Å². The van der Waals surface area contributed by atoms with Gasteiger partial charge in [0.1, 0.15) is 0 Å². The number of hydrogen-bond donors (Lipinski definition) is 3. The summed E-state index contributed by atoms with van der Waals surface area (Å²) in [5, 5.41) is 14.8. The van der Waals surface area contributed by atoms with Gasteiger partial charge < -0.3 is 34.9 Å². The number of nitrogens with zero attached hydrogens (tertiary/aromatic N) is 2. The lowest BCUT2D eigenvalue weighted by Gasteiger charge is -2.29. The van der Waals surface area contributed by atoms with Gasteiger partial charge in [-0.1, -0.05) is 233 Å². The number of ether oxygens (including phenoxy) is 3. The zero-order valence-electron chi connectivity index (χ0n) is 55.0. The summed E-state index contributed by atoms with van der Waals surface area (Å²) in [5.41, 5.74) is -0.390. The molecule has 12 heteroatoms. The van der Waals surface area contributed by atoms with Gasteiger partial charge in [0.2, 0.25) is 11.8 Å². The van der Waals surface area contributed by atoms with E-state index in [0.29, 0.717) is 57.7 Å². The van der Waals surface area contributed by atoms with Crippen molar-refractivity contribution < 1.29 is 38.5 Å². The van der Waals surface area contributed by atoms with Crippen LogP contribution in [-0.2, 0) is 33.4 Å². The molecule has 1 unspecified atom stereocenters. The molecule has 3 N–H and O–H groups in total. The average molecular weight is 1160 g/mol. The first kappa shape index (κ1) is 77.6. The second kappa shape index (κ2) is 54.0. The van der Waals surface area contributed by atoms with E-state index < -0.39 is 5.60 Å². The van der Waals surface area contributed by atoms with Gasteiger partial charge in [-0.05, 0) is 91.1 Å². The minimum absolute atomic E-state index is 0.0337. The molecule has 4 amide bonds. The molecule has 0 aromatic rings. The molecule has 0 aromatic carbocycles. The van der Waals surface area contributed by atoms with E-state index in [9.17, 15) is 19.2 Å². The van der Waals surface area contributed by atoms with Crippen LogP contribution in [0.4, 0.5) is 0 Å². The van der Waals surface area contributed by atoms with Gasteiger partial charge >= 0.3 is 0 Å². The van der Waals surface area contributed by atoms with Crippen LogP contribution in [0.2, 0.25) is 0 Å². The summed E-state index contributed by atoms with van der Waals surface area (Å²) in [6.45, 7) is 17.9. The number of aliphatic hydroxyl groups excluding tert-OH is 1. The number of carbonyl (C=O) groups excluding carboxylic acids is 4. The molecule has 482 valence electrons. The number of imide groups is 1. The molecule has 2 aliphatic rings. The fourth-order valence-corrected chi connectivity index (χ4v) is 11.3. The van der Waals surface area contributed by atoms with Crippen LogP contribution in [0.25, 0.3) is 0 Å². The molecule has 2 heterocycles. The molecule has 1 saturated heterocycles. The molecule has 82 heavy (non-hydrogen) atoms. The molecule has 0 spiro atoms. The summed E-state index contributed by atoms with van der Waals surface area (Å²) in [6.07, 6.45) is 59.2. The first-order valence-corrected chi connectivity index (χ1v) is 35.1. The second-order valence-corrected chi connectivity index (χ2v) is 25.9. The molecule has 2 rings (SSSR count). The van der Waals surface area contributed by atoms with Crippen molar-refractivity contribution in [1.82, 2.24) is 20.4 Å². The summed E-state index contributed by atoms with van der Waals surface area (Å²) in [7, 11) is 2.24. The van der Waals surface area contributed by atoms with E-state index in [4.69, 9.17) is 19.3 Å². The summed E-state index contributed by atoms with van der Waals surface area (Å²) in [4.78, 5) is 50.1. The van der Waals surface area contributed by atoms with Crippen molar-refractivity contribution in [2.75, 3.05) is 59.6 Å². The lowest BCUT2D eigenvalue weighted by atomic mass is 9.98. The van der Waals surface area contributed by atoms with Crippen molar-refractivity contribution >= 4 is 23.6 Å². The van der Waals surface area contributed by atoms with E-state index >= 15 is 0 Å². The van der Waals surface area contributed by atoms with E-state index in [1.807, 2.05) is 13.8 Å². The van der Waals surface area contributed by atoms with Crippen LogP contribution in [0, 0.1) is 5.92 Å². The van der Waals surface area contributed by atoms with E-state index in [1.165, 1.54) is 223 Å². The van der Waals surface area contributed by atoms with Crippen molar-refractivity contribution in [3.8, 4) is 0 Å². The van der Waals surface area contributed by atoms with Crippen LogP contribution in [0.15, 0.2) is 12.2 Å². The predicted octanol–water partition coefficient (Wildman–Crippen LogP) is 17.2. The predicted molar refractivity (Wildman–Crippen MR) is 344 cm³/mol. The highest BCUT2D eigenvalue weighted by Crippen LogP contribution is 2.36. The number of amides is 4. The topological polar surface area (TPSA) is 147 Å². The fourth-order valence-electron chi connectivity index (χ4n) is 11.3. The van der Waals surface area contributed by atoms with Crippen molar-refractivity contribution in [2.24, 2.45) is 5.92 Å². The minimum Gasteiger partial charge on any atom is -0.396 e. The zero-order chi connectivity index (χ0) is 60.0. The summed E-state index contributed by atoms with van der Waals surface area (Å²) in [5.74, 6) is -0.0431. The Morgan fingerprint density at radius 3 is 1.44 bits per heavy atom. The fraction of sp³-hybridized carbons (Fsp3) is 0.914. The van der Waals surface area contributed by atoms with Crippen LogP contribution in [0.5, 0.6) is 0 Å². The molecular weight excluding hydrogens is 1020 g/mol. The highest BCUT2D eigenvalue weighted by atomic mass is 16.7. The Labute approximate surface area is 506 Å². The highest BCUT2D eigenvalue weighted by molar-refractivity contribution is 6.12. The zero-order valence-corrected chi connectivity index (χ0v) is 55.0. The quantitative estimate of drug-likeness (QED) is 0.0400. The lowest BCUT2D eigenvalue weighted by Crippen LogP contribution is -2.32. The Morgan fingerprint density at radius 1 is 0.610 bits per heavy atom. The SMILES string of the molecule is CC(C)(CCO)OCCNC(=O)CCCCCN1C(=O)C=CC1=O.CCCCCCCCCCCCCCCCCCC1(CCCCCCCCCCCCCCCCCC)OCC(CCN(C)CCCCCC(=O)NCCC(C)C)O1. The number of carbonyl (C=O) groups is 4. The van der Waals surface area contributed by atoms with E-state index in [2.05, 4.69) is 50.3 Å². The molecule has 0 aromatic heterocycles. The van der Waals surface area contributed by atoms with Crippen molar-refractivity contribution in [3.63, 3.8) is 0 Å². The standard InChI is InChI=1S/C53H106N2O3.C17H28N2O5/c1-6-8-10-12-14-16-18-20-22-24-26-28-30-32-34-38-44-53(45-39-35-33-31-29-27-25-23-21-19-17-15-13-11-9-7-2)57-49-51(58-53)43-48-55(5)47-40-36-37-41-52(56)54-46-42-50(3)4;1-17(2,9-12-20)24-13-10-18-14(21)6-4-3-5-11-19-15(22)7-8-16(19)23/h50-51H,6-49H2,1-5H3,(H,54,56);7-8,20H,3-6,9-13H2,1-2H3,(H,18,21). The average Bonchev–Trinajstić information content (AvgIpc) is 4.26. The maximum absolute atomic E-state index is 12.1. The molecule has 1 fully saturated rings. The third-order valence-corrected chi connectivity index (χ3v) is 16.9. The molecule has 0 aliphatic carbocycles. The highest BCUT2D eigenvalue weighted by Gasteiger charge is 2.40. The van der Waals surface area contributed by atoms with Crippen molar-refractivity contribution in [3.05, 3.63) is 12.2 Å². The summed E-state index contributed by atoms with van der Waals surface area (Å²) < 4.78 is 19.1. The first-order valence-electron chi connectivity index (χ1n) is 35.1. The monoisotopic (exact) mass is 1160 g/mol. The number of nitrogens with one attached hydrogen (secondary N) is 2. The first-order chi connectivity index (χ1) is 39.8. The van der Waals surface area contributed by atoms with E-state index in [1.54, 1.807) is 0 Å². The van der Waals surface area contributed by atoms with Gasteiger partial charge in [0, 0.05) is 70.6 Å². The van der Waals surface area contributed by atoms with Gasteiger partial charge in [-0.3, -0.25) is 24.1 Å². The van der Waals surface area contributed by atoms with E-state index in [0.717, 1.165) is 77.6 Å². The lowest BCUT2D eigenvalue weighted by molar-refractivity contribution is -0.180. The van der Waals surface area contributed by atoms with Gasteiger partial charge in [0.25, 0.3) is 11.8 Å². The molecule has 2 aliphatic heterocycles. The van der Waals surface area contributed by atoms with Gasteiger partial charge in [0.05, 0.1) is 24.9 Å². The van der Waals surface area contributed by atoms with Gasteiger partial charge in [-0.25, -0.2) is 0 Å². The molecule has 0 bridgehead atoms. The Kier molecular flexibility index (Phi) is 51.2. The normalized spacial score (nSPS) is 15.1. The summed E-state index contributed by atoms with van der Waals surface area (Å²) >= 11 is 0. The largest absolute Gasteiger partial charge is 0.396 e. The maximum atomic E-state index is 12.1. The van der Waals surface area contributed by atoms with Gasteiger partial charge in [-0.2, -0.15) is 0 Å². The van der Waals surface area contributed by atoms with Crippen LogP contribution in [0.1, 0.15) is 330 Å². The molecule has 12 nitrogen and oxygen atoms in total. The van der Waals surface area contributed by atoms with E-state index in [-0.39, 0.29) is 42.1 Å². The van der Waals surface area contributed by atoms with Crippen LogP contribution in [0.3, 0.4) is 0 Å². The maximum Gasteiger partial charge on any atom is 0.253 e. The number of unbranched alkanes of at least 4 members (excludes halogenated alkanes) is 34. The molecule has 0 radical (unpaired) electrons. The third kappa shape index (κ3) is 46.9. The van der Waals surface area contributed by atoms with Crippen LogP contribution >= 0.6 is 0 Å². The van der Waals surface area contributed by atoms with Gasteiger partial charge in [0.15, 0.2) is 5.79 Å². The smallest absolute Gasteiger partial charge is 0.253 e. The Bertz CT molecular complexity index is 1490. The van der Waals surface area contributed by atoms with Crippen molar-refractivity contribution in [2.45, 2.75) is 348 Å². The Morgan fingerprint density at radius 2 is 1.01 bits per heavy atom. The molecular formula is C70H134N4O8. The Balaban J connectivity index is 0.00000116. The minimum atomic E-state index is -0.390.